The molecule has 2 aliphatic heterocycles. The third kappa shape index (κ3) is 3.37. The van der Waals surface area contributed by atoms with Crippen LogP contribution in [0.1, 0.15) is 30.9 Å². The maximum absolute atomic E-state index is 11.2. The van der Waals surface area contributed by atoms with Gasteiger partial charge in [0.1, 0.15) is 0 Å². The molecular weight excluding hydrogens is 290 g/mol. The van der Waals surface area contributed by atoms with Crippen molar-refractivity contribution in [2.45, 2.75) is 31.5 Å². The van der Waals surface area contributed by atoms with E-state index in [1.165, 1.54) is 5.56 Å². The Morgan fingerprint density at radius 2 is 2.05 bits per heavy atom. The number of nitrogens with zero attached hydrogens (tertiary/aromatic N) is 1. The Kier molecular flexibility index (Phi) is 4.45. The molecule has 2 saturated heterocycles. The van der Waals surface area contributed by atoms with Gasteiger partial charge in [0.2, 0.25) is 0 Å². The Labute approximate surface area is 129 Å². The second kappa shape index (κ2) is 6.32. The number of carboxylic acid groups (broad SMARTS) is 1. The molecule has 3 atom stereocenters. The first-order valence-electron chi connectivity index (χ1n) is 7.37. The van der Waals surface area contributed by atoms with Crippen molar-refractivity contribution < 1.29 is 9.90 Å². The van der Waals surface area contributed by atoms with Gasteiger partial charge in [0, 0.05) is 17.6 Å². The molecule has 21 heavy (non-hydrogen) atoms. The Morgan fingerprint density at radius 1 is 1.29 bits per heavy atom. The van der Waals surface area contributed by atoms with Crippen molar-refractivity contribution in [3.05, 3.63) is 34.9 Å². The third-order valence-corrected chi connectivity index (χ3v) is 4.65. The quantitative estimate of drug-likeness (QED) is 0.797. The van der Waals surface area contributed by atoms with Crippen LogP contribution in [0.3, 0.4) is 0 Å². The Hall–Kier alpha value is -1.14. The summed E-state index contributed by atoms with van der Waals surface area (Å²) >= 11 is 5.91. The van der Waals surface area contributed by atoms with Crippen LogP contribution >= 0.6 is 11.6 Å². The lowest BCUT2D eigenvalue weighted by molar-refractivity contribution is -0.144. The summed E-state index contributed by atoms with van der Waals surface area (Å²) in [7, 11) is 0. The first-order chi connectivity index (χ1) is 10.1. The van der Waals surface area contributed by atoms with Gasteiger partial charge >= 0.3 is 5.97 Å². The number of likely N-dealkylation sites (tertiary alicyclic amines) is 1. The van der Waals surface area contributed by atoms with Gasteiger partial charge in [-0.2, -0.15) is 0 Å². The van der Waals surface area contributed by atoms with Crippen LogP contribution in [0.15, 0.2) is 24.3 Å². The molecule has 2 aliphatic rings. The fourth-order valence-corrected chi connectivity index (χ4v) is 3.31. The number of hydrogen-bond acceptors (Lipinski definition) is 4. The van der Waals surface area contributed by atoms with E-state index in [4.69, 9.17) is 11.6 Å². The maximum Gasteiger partial charge on any atom is 0.307 e. The molecule has 114 valence electrons. The molecule has 1 aromatic carbocycles. The summed E-state index contributed by atoms with van der Waals surface area (Å²) in [5, 5.41) is 9.92. The van der Waals surface area contributed by atoms with Gasteiger partial charge in [-0.15, -0.1) is 0 Å². The molecule has 3 unspecified atom stereocenters. The van der Waals surface area contributed by atoms with E-state index in [2.05, 4.69) is 15.8 Å². The number of hydrazine groups is 1. The molecule has 5 nitrogen and oxygen atoms in total. The highest BCUT2D eigenvalue weighted by molar-refractivity contribution is 6.30. The lowest BCUT2D eigenvalue weighted by Crippen LogP contribution is -2.50. The van der Waals surface area contributed by atoms with Gasteiger partial charge in [-0.1, -0.05) is 23.7 Å². The summed E-state index contributed by atoms with van der Waals surface area (Å²) in [5.74, 6) is -0.921. The highest BCUT2D eigenvalue weighted by Gasteiger charge is 2.34. The number of piperidine rings is 1. The van der Waals surface area contributed by atoms with Crippen molar-refractivity contribution in [1.29, 1.82) is 0 Å². The van der Waals surface area contributed by atoms with Crippen LogP contribution in [0.4, 0.5) is 0 Å². The topological polar surface area (TPSA) is 64.6 Å². The Morgan fingerprint density at radius 3 is 2.76 bits per heavy atom. The van der Waals surface area contributed by atoms with Crippen molar-refractivity contribution in [3.63, 3.8) is 0 Å². The summed E-state index contributed by atoms with van der Waals surface area (Å²) in [6.07, 6.45) is 2.84. The molecule has 6 heteroatoms. The molecule has 1 aromatic rings. The number of carbonyl (C=O) groups is 1. The molecule has 0 radical (unpaired) electrons. The number of benzene rings is 1. The number of hydrogen-bond donors (Lipinski definition) is 3. The molecule has 3 N–H and O–H groups in total. The van der Waals surface area contributed by atoms with Gasteiger partial charge in [-0.05, 0) is 43.5 Å². The lowest BCUT2D eigenvalue weighted by atomic mass is 9.97. The summed E-state index contributed by atoms with van der Waals surface area (Å²) in [5.41, 5.74) is 7.80. The van der Waals surface area contributed by atoms with Gasteiger partial charge in [0.15, 0.2) is 0 Å². The van der Waals surface area contributed by atoms with E-state index in [1.807, 2.05) is 24.3 Å². The maximum atomic E-state index is 11.2. The number of aliphatic carboxylic acids is 1. The fourth-order valence-electron chi connectivity index (χ4n) is 3.18. The molecule has 0 amide bonds. The zero-order valence-electron chi connectivity index (χ0n) is 11.8. The molecule has 3 rings (SSSR count). The van der Waals surface area contributed by atoms with Crippen molar-refractivity contribution >= 4 is 17.6 Å². The first kappa shape index (κ1) is 14.8. The molecule has 2 fully saturated rings. The van der Waals surface area contributed by atoms with Gasteiger partial charge in [-0.3, -0.25) is 9.69 Å². The zero-order chi connectivity index (χ0) is 14.8. The van der Waals surface area contributed by atoms with E-state index in [0.717, 1.165) is 30.8 Å². The molecule has 0 spiro atoms. The predicted octanol–water partition coefficient (Wildman–Crippen LogP) is 2.00. The van der Waals surface area contributed by atoms with Crippen LogP contribution in [0, 0.1) is 5.92 Å². The van der Waals surface area contributed by atoms with Crippen molar-refractivity contribution in [2.75, 3.05) is 13.1 Å². The average molecular weight is 310 g/mol. The first-order valence-corrected chi connectivity index (χ1v) is 7.74. The summed E-state index contributed by atoms with van der Waals surface area (Å²) in [4.78, 5) is 13.4. The fraction of sp³-hybridized carbons (Fsp3) is 0.533. The molecular formula is C15H20ClN3O2. The van der Waals surface area contributed by atoms with Gasteiger partial charge in [0.25, 0.3) is 0 Å². The molecule has 0 saturated carbocycles. The van der Waals surface area contributed by atoms with Crippen LogP contribution in [0.25, 0.3) is 0 Å². The van der Waals surface area contributed by atoms with Crippen LogP contribution in [-0.4, -0.2) is 35.2 Å². The number of carboxylic acids is 1. The van der Waals surface area contributed by atoms with Crippen LogP contribution < -0.4 is 10.9 Å². The number of nitrogens with one attached hydrogen (secondary N) is 2. The summed E-state index contributed by atoms with van der Waals surface area (Å²) < 4.78 is 0. The molecule has 0 bridgehead atoms. The highest BCUT2D eigenvalue weighted by atomic mass is 35.5. The Balaban J connectivity index is 1.61. The second-order valence-corrected chi connectivity index (χ2v) is 6.25. The highest BCUT2D eigenvalue weighted by Crippen LogP contribution is 2.27. The average Bonchev–Trinajstić information content (AvgIpc) is 2.98. The summed E-state index contributed by atoms with van der Waals surface area (Å²) in [6, 6.07) is 8.08. The third-order valence-electron chi connectivity index (χ3n) is 4.40. The molecule has 0 aliphatic carbocycles. The van der Waals surface area contributed by atoms with Crippen LogP contribution in [-0.2, 0) is 4.79 Å². The van der Waals surface area contributed by atoms with E-state index in [-0.39, 0.29) is 18.1 Å². The van der Waals surface area contributed by atoms with E-state index < -0.39 is 5.97 Å². The number of rotatable bonds is 3. The minimum absolute atomic E-state index is 0.188. The van der Waals surface area contributed by atoms with Crippen molar-refractivity contribution in [3.8, 4) is 0 Å². The van der Waals surface area contributed by atoms with E-state index >= 15 is 0 Å². The van der Waals surface area contributed by atoms with E-state index in [9.17, 15) is 9.90 Å². The predicted molar refractivity (Wildman–Crippen MR) is 80.8 cm³/mol. The monoisotopic (exact) mass is 309 g/mol. The van der Waals surface area contributed by atoms with E-state index in [0.29, 0.717) is 6.54 Å². The SMILES string of the molecule is O=C(O)C1CCCN(C2CC(c3ccc(Cl)cc3)NN2)C1. The lowest BCUT2D eigenvalue weighted by Gasteiger charge is -2.34. The standard InChI is InChI=1S/C15H20ClN3O2/c16-12-5-3-10(4-6-12)13-8-14(18-17-13)19-7-1-2-11(9-19)15(20)21/h3-6,11,13-14,17-18H,1-2,7-9H2,(H,20,21). The van der Waals surface area contributed by atoms with Gasteiger partial charge in [0.05, 0.1) is 12.1 Å². The second-order valence-electron chi connectivity index (χ2n) is 5.82. The Bertz CT molecular complexity index is 508. The zero-order valence-corrected chi connectivity index (χ0v) is 12.5. The van der Waals surface area contributed by atoms with Crippen LogP contribution in [0.5, 0.6) is 0 Å². The van der Waals surface area contributed by atoms with Crippen LogP contribution in [0.2, 0.25) is 5.02 Å². The molecule has 2 heterocycles. The normalized spacial score (nSPS) is 30.4. The van der Waals surface area contributed by atoms with Gasteiger partial charge < -0.3 is 5.11 Å². The minimum Gasteiger partial charge on any atom is -0.481 e. The summed E-state index contributed by atoms with van der Waals surface area (Å²) in [6.45, 7) is 1.58. The number of halogens is 1. The molecule has 0 aromatic heterocycles. The van der Waals surface area contributed by atoms with Gasteiger partial charge in [-0.25, -0.2) is 10.9 Å². The minimum atomic E-state index is -0.681. The largest absolute Gasteiger partial charge is 0.481 e. The smallest absolute Gasteiger partial charge is 0.307 e. The van der Waals surface area contributed by atoms with E-state index in [1.54, 1.807) is 0 Å². The van der Waals surface area contributed by atoms with Crippen molar-refractivity contribution in [2.24, 2.45) is 5.92 Å². The van der Waals surface area contributed by atoms with Crippen molar-refractivity contribution in [1.82, 2.24) is 15.8 Å².